The average Bonchev–Trinajstić information content (AvgIpc) is 3.14. The van der Waals surface area contributed by atoms with Gasteiger partial charge in [-0.2, -0.15) is 0 Å². The molecule has 142 valence electrons. The minimum atomic E-state index is -3.79. The van der Waals surface area contributed by atoms with Crippen LogP contribution in [0.15, 0.2) is 64.6 Å². The van der Waals surface area contributed by atoms with Gasteiger partial charge in [0.05, 0.1) is 22.2 Å². The molecule has 3 heterocycles. The maximum atomic E-state index is 13.0. The molecule has 3 aromatic heterocycles. The number of rotatable bonds is 4. The molecule has 28 heavy (non-hydrogen) atoms. The molecule has 0 unspecified atom stereocenters. The Balaban J connectivity index is 1.81. The summed E-state index contributed by atoms with van der Waals surface area (Å²) >= 11 is 6.47. The Bertz CT molecular complexity index is 1260. The van der Waals surface area contributed by atoms with Crippen LogP contribution in [0.3, 0.4) is 0 Å². The molecular weight excluding hydrogens is 398 g/mol. The van der Waals surface area contributed by atoms with E-state index in [2.05, 4.69) is 15.0 Å². The van der Waals surface area contributed by atoms with Gasteiger partial charge in [0.2, 0.25) is 9.84 Å². The fourth-order valence-corrected chi connectivity index (χ4v) is 4.67. The van der Waals surface area contributed by atoms with Gasteiger partial charge in [0.25, 0.3) is 0 Å². The number of aromatic nitrogens is 3. The van der Waals surface area contributed by atoms with Crippen LogP contribution < -0.4 is 0 Å². The van der Waals surface area contributed by atoms with Crippen LogP contribution in [0.25, 0.3) is 22.3 Å². The maximum Gasteiger partial charge on any atom is 0.209 e. The summed E-state index contributed by atoms with van der Waals surface area (Å²) in [6.07, 6.45) is 2.89. The van der Waals surface area contributed by atoms with E-state index < -0.39 is 9.84 Å². The molecule has 0 saturated carbocycles. The fraction of sp³-hybridized carbons (Fsp3) is 0.100. The third kappa shape index (κ3) is 3.17. The second-order valence-electron chi connectivity index (χ2n) is 6.39. The summed E-state index contributed by atoms with van der Waals surface area (Å²) in [6, 6.07) is 11.9. The van der Waals surface area contributed by atoms with E-state index >= 15 is 0 Å². The first-order valence-electron chi connectivity index (χ1n) is 8.45. The Labute approximate surface area is 166 Å². The molecule has 0 fully saturated rings. The summed E-state index contributed by atoms with van der Waals surface area (Å²) in [5, 5.41) is 9.74. The highest BCUT2D eigenvalue weighted by molar-refractivity contribution is 7.91. The SMILES string of the molecule is Cc1ccc(S(=O)(=O)c2cnc3[nH]c(-c4ccc(CO)nc4)cc3c2Cl)cc1. The van der Waals surface area contributed by atoms with E-state index in [0.717, 1.165) is 11.1 Å². The van der Waals surface area contributed by atoms with E-state index in [-0.39, 0.29) is 21.4 Å². The Kier molecular flexibility index (Phi) is 4.66. The molecular formula is C20H16ClN3O3S. The van der Waals surface area contributed by atoms with Crippen LogP contribution in [0, 0.1) is 6.92 Å². The Morgan fingerprint density at radius 1 is 1.07 bits per heavy atom. The standard InChI is InChI=1S/C20H16ClN3O3S/c1-12-2-6-15(7-3-12)28(26,27)18-10-23-20-16(19(18)21)8-17(24-20)13-4-5-14(11-25)22-9-13/h2-10,25H,11H2,1H3,(H,23,24). The topological polar surface area (TPSA) is 95.9 Å². The molecule has 0 aliphatic carbocycles. The normalized spacial score (nSPS) is 11.8. The number of fused-ring (bicyclic) bond motifs is 1. The third-order valence-electron chi connectivity index (χ3n) is 4.48. The molecule has 0 spiro atoms. The molecule has 0 amide bonds. The average molecular weight is 414 g/mol. The largest absolute Gasteiger partial charge is 0.390 e. The molecule has 0 bridgehead atoms. The lowest BCUT2D eigenvalue weighted by Gasteiger charge is -2.07. The smallest absolute Gasteiger partial charge is 0.209 e. The van der Waals surface area contributed by atoms with Crippen LogP contribution in [0.2, 0.25) is 5.02 Å². The lowest BCUT2D eigenvalue weighted by molar-refractivity contribution is 0.277. The van der Waals surface area contributed by atoms with Crippen molar-refractivity contribution in [1.29, 1.82) is 0 Å². The maximum absolute atomic E-state index is 13.0. The number of H-pyrrole nitrogens is 1. The van der Waals surface area contributed by atoms with Gasteiger partial charge in [-0.15, -0.1) is 0 Å². The van der Waals surface area contributed by atoms with Crippen molar-refractivity contribution in [2.45, 2.75) is 23.3 Å². The Hall–Kier alpha value is -2.74. The molecule has 6 nitrogen and oxygen atoms in total. The second kappa shape index (κ2) is 7.01. The second-order valence-corrected chi connectivity index (χ2v) is 8.69. The van der Waals surface area contributed by atoms with Crippen LogP contribution in [-0.4, -0.2) is 28.5 Å². The molecule has 4 rings (SSSR count). The number of aryl methyl sites for hydroxylation is 1. The van der Waals surface area contributed by atoms with Gasteiger partial charge in [0.1, 0.15) is 10.5 Å². The fourth-order valence-electron chi connectivity index (χ4n) is 2.89. The van der Waals surface area contributed by atoms with Crippen molar-refractivity contribution in [3.63, 3.8) is 0 Å². The number of pyridine rings is 2. The van der Waals surface area contributed by atoms with Crippen LogP contribution in [0.4, 0.5) is 0 Å². The highest BCUT2D eigenvalue weighted by atomic mass is 35.5. The monoisotopic (exact) mass is 413 g/mol. The summed E-state index contributed by atoms with van der Waals surface area (Å²) in [7, 11) is -3.79. The Morgan fingerprint density at radius 3 is 2.46 bits per heavy atom. The molecule has 1 aromatic carbocycles. The number of halogens is 1. The number of hydrogen-bond acceptors (Lipinski definition) is 5. The van der Waals surface area contributed by atoms with E-state index in [1.54, 1.807) is 48.7 Å². The number of hydrogen-bond donors (Lipinski definition) is 2. The zero-order chi connectivity index (χ0) is 19.9. The predicted octanol–water partition coefficient (Wildman–Crippen LogP) is 3.91. The highest BCUT2D eigenvalue weighted by Gasteiger charge is 2.23. The van der Waals surface area contributed by atoms with Gasteiger partial charge < -0.3 is 10.1 Å². The predicted molar refractivity (Wildman–Crippen MR) is 107 cm³/mol. The number of sulfone groups is 1. The molecule has 2 N–H and O–H groups in total. The highest BCUT2D eigenvalue weighted by Crippen LogP contribution is 2.34. The van der Waals surface area contributed by atoms with Crippen molar-refractivity contribution in [3.8, 4) is 11.3 Å². The van der Waals surface area contributed by atoms with Gasteiger partial charge in [-0.3, -0.25) is 4.98 Å². The molecule has 0 aliphatic rings. The summed E-state index contributed by atoms with van der Waals surface area (Å²) in [5.74, 6) is 0. The van der Waals surface area contributed by atoms with Gasteiger partial charge in [0.15, 0.2) is 0 Å². The van der Waals surface area contributed by atoms with E-state index in [0.29, 0.717) is 22.4 Å². The lowest BCUT2D eigenvalue weighted by Crippen LogP contribution is -2.03. The first-order chi connectivity index (χ1) is 13.4. The van der Waals surface area contributed by atoms with Crippen molar-refractivity contribution in [2.75, 3.05) is 0 Å². The van der Waals surface area contributed by atoms with E-state index in [1.807, 2.05) is 6.92 Å². The summed E-state index contributed by atoms with van der Waals surface area (Å²) in [5.41, 5.74) is 3.48. The van der Waals surface area contributed by atoms with Crippen molar-refractivity contribution in [1.82, 2.24) is 15.0 Å². The van der Waals surface area contributed by atoms with Crippen LogP contribution in [0.5, 0.6) is 0 Å². The third-order valence-corrected chi connectivity index (χ3v) is 6.78. The number of nitrogens with one attached hydrogen (secondary N) is 1. The van der Waals surface area contributed by atoms with Crippen molar-refractivity contribution >= 4 is 32.5 Å². The molecule has 0 aliphatic heterocycles. The van der Waals surface area contributed by atoms with Crippen LogP contribution in [-0.2, 0) is 16.4 Å². The first kappa shape index (κ1) is 18.6. The minimum absolute atomic E-state index is 0.0372. The number of aliphatic hydroxyl groups is 1. The minimum Gasteiger partial charge on any atom is -0.390 e. The number of aromatic amines is 1. The number of aliphatic hydroxyl groups excluding tert-OH is 1. The molecule has 0 radical (unpaired) electrons. The van der Waals surface area contributed by atoms with E-state index in [1.165, 1.54) is 6.20 Å². The summed E-state index contributed by atoms with van der Waals surface area (Å²) < 4.78 is 26.0. The first-order valence-corrected chi connectivity index (χ1v) is 10.3. The Morgan fingerprint density at radius 2 is 1.82 bits per heavy atom. The van der Waals surface area contributed by atoms with Gasteiger partial charge in [-0.25, -0.2) is 13.4 Å². The molecule has 8 heteroatoms. The van der Waals surface area contributed by atoms with Gasteiger partial charge in [-0.1, -0.05) is 29.3 Å². The zero-order valence-electron chi connectivity index (χ0n) is 14.8. The lowest BCUT2D eigenvalue weighted by atomic mass is 10.2. The molecule has 0 saturated heterocycles. The van der Waals surface area contributed by atoms with Crippen LogP contribution in [0.1, 0.15) is 11.3 Å². The zero-order valence-corrected chi connectivity index (χ0v) is 16.4. The summed E-state index contributed by atoms with van der Waals surface area (Å²) in [6.45, 7) is 1.75. The van der Waals surface area contributed by atoms with Gasteiger partial charge in [-0.05, 0) is 37.3 Å². The molecule has 0 atom stereocenters. The van der Waals surface area contributed by atoms with Crippen molar-refractivity contribution < 1.29 is 13.5 Å². The molecule has 4 aromatic rings. The van der Waals surface area contributed by atoms with Crippen molar-refractivity contribution in [2.24, 2.45) is 0 Å². The van der Waals surface area contributed by atoms with E-state index in [9.17, 15) is 8.42 Å². The summed E-state index contributed by atoms with van der Waals surface area (Å²) in [4.78, 5) is 11.7. The van der Waals surface area contributed by atoms with Crippen LogP contribution >= 0.6 is 11.6 Å². The number of nitrogens with zero attached hydrogens (tertiary/aromatic N) is 2. The van der Waals surface area contributed by atoms with Crippen molar-refractivity contribution in [3.05, 3.63) is 71.1 Å². The van der Waals surface area contributed by atoms with Gasteiger partial charge in [0, 0.05) is 29.0 Å². The van der Waals surface area contributed by atoms with Gasteiger partial charge >= 0.3 is 0 Å². The van der Waals surface area contributed by atoms with E-state index in [4.69, 9.17) is 16.7 Å². The number of benzene rings is 1. The quantitative estimate of drug-likeness (QED) is 0.528.